The molecule has 0 spiro atoms. The molecule has 2 aliphatic heterocycles. The van der Waals surface area contributed by atoms with Crippen LogP contribution in [-0.4, -0.2) is 36.4 Å². The lowest BCUT2D eigenvalue weighted by atomic mass is 10.1. The standard InChI is InChI=1S/C21H23FN4O2/c22-17-5-1-2-6-18(17)26-14-16(11-20(26)27)21(28)24-13-15-7-8-19(23-12-15)25-9-3-4-10-25/h1-2,5-8,12,16H,3-4,9-11,13-14H2,(H,24,28). The molecule has 2 saturated heterocycles. The second kappa shape index (κ2) is 7.96. The number of pyridine rings is 1. The molecular weight excluding hydrogens is 359 g/mol. The topological polar surface area (TPSA) is 65.5 Å². The van der Waals surface area contributed by atoms with Crippen LogP contribution >= 0.6 is 0 Å². The first kappa shape index (κ1) is 18.4. The Morgan fingerprint density at radius 1 is 1.18 bits per heavy atom. The number of anilines is 2. The Morgan fingerprint density at radius 3 is 2.68 bits per heavy atom. The molecule has 146 valence electrons. The molecule has 2 amide bonds. The number of carbonyl (C=O) groups is 2. The highest BCUT2D eigenvalue weighted by atomic mass is 19.1. The highest BCUT2D eigenvalue weighted by molar-refractivity contribution is 6.00. The van der Waals surface area contributed by atoms with E-state index in [0.717, 1.165) is 24.5 Å². The van der Waals surface area contributed by atoms with Gasteiger partial charge in [0, 0.05) is 38.8 Å². The van der Waals surface area contributed by atoms with Crippen LogP contribution < -0.4 is 15.1 Å². The fourth-order valence-corrected chi connectivity index (χ4v) is 3.77. The van der Waals surface area contributed by atoms with Crippen LogP contribution in [0.4, 0.5) is 15.9 Å². The minimum absolute atomic E-state index is 0.0896. The number of para-hydroxylation sites is 1. The second-order valence-corrected chi connectivity index (χ2v) is 7.29. The van der Waals surface area contributed by atoms with Gasteiger partial charge in [-0.3, -0.25) is 9.59 Å². The van der Waals surface area contributed by atoms with Gasteiger partial charge in [0.05, 0.1) is 11.6 Å². The van der Waals surface area contributed by atoms with Crippen molar-refractivity contribution in [2.24, 2.45) is 5.92 Å². The summed E-state index contributed by atoms with van der Waals surface area (Å²) in [5, 5.41) is 2.87. The maximum absolute atomic E-state index is 14.0. The van der Waals surface area contributed by atoms with Gasteiger partial charge >= 0.3 is 0 Å². The Morgan fingerprint density at radius 2 is 1.96 bits per heavy atom. The third-order valence-corrected chi connectivity index (χ3v) is 5.34. The molecule has 3 heterocycles. The Hall–Kier alpha value is -2.96. The number of carbonyl (C=O) groups excluding carboxylic acids is 2. The Bertz CT molecular complexity index is 865. The number of benzene rings is 1. The third kappa shape index (κ3) is 3.83. The molecule has 28 heavy (non-hydrogen) atoms. The molecule has 7 heteroatoms. The molecule has 4 rings (SSSR count). The van der Waals surface area contributed by atoms with Crippen molar-refractivity contribution in [3.8, 4) is 0 Å². The zero-order chi connectivity index (χ0) is 19.5. The molecule has 2 aliphatic rings. The molecule has 0 saturated carbocycles. The summed E-state index contributed by atoms with van der Waals surface area (Å²) in [6.45, 7) is 2.63. The van der Waals surface area contributed by atoms with Crippen molar-refractivity contribution in [3.05, 3.63) is 54.0 Å². The van der Waals surface area contributed by atoms with Crippen molar-refractivity contribution in [2.45, 2.75) is 25.8 Å². The van der Waals surface area contributed by atoms with E-state index in [0.29, 0.717) is 6.54 Å². The summed E-state index contributed by atoms with van der Waals surface area (Å²) in [6.07, 6.45) is 4.26. The first-order chi connectivity index (χ1) is 13.6. The minimum Gasteiger partial charge on any atom is -0.357 e. The van der Waals surface area contributed by atoms with Crippen LogP contribution in [0.1, 0.15) is 24.8 Å². The first-order valence-corrected chi connectivity index (χ1v) is 9.64. The minimum atomic E-state index is -0.482. The normalized spacial score (nSPS) is 19.3. The van der Waals surface area contributed by atoms with Gasteiger partial charge in [-0.15, -0.1) is 0 Å². The van der Waals surface area contributed by atoms with E-state index in [4.69, 9.17) is 0 Å². The zero-order valence-corrected chi connectivity index (χ0v) is 15.6. The van der Waals surface area contributed by atoms with Crippen LogP contribution in [0.5, 0.6) is 0 Å². The van der Waals surface area contributed by atoms with Crippen molar-refractivity contribution in [2.75, 3.05) is 29.4 Å². The second-order valence-electron chi connectivity index (χ2n) is 7.29. The quantitative estimate of drug-likeness (QED) is 0.863. The maximum Gasteiger partial charge on any atom is 0.227 e. The van der Waals surface area contributed by atoms with E-state index in [9.17, 15) is 14.0 Å². The monoisotopic (exact) mass is 382 g/mol. The van der Waals surface area contributed by atoms with Crippen LogP contribution in [0, 0.1) is 11.7 Å². The SMILES string of the molecule is O=C(NCc1ccc(N2CCCC2)nc1)C1CC(=O)N(c2ccccc2F)C1. The fourth-order valence-electron chi connectivity index (χ4n) is 3.77. The van der Waals surface area contributed by atoms with Gasteiger partial charge in [-0.05, 0) is 36.6 Å². The van der Waals surface area contributed by atoms with E-state index in [1.807, 2.05) is 12.1 Å². The predicted octanol–water partition coefficient (Wildman–Crippen LogP) is 2.49. The van der Waals surface area contributed by atoms with E-state index in [1.165, 1.54) is 23.8 Å². The lowest BCUT2D eigenvalue weighted by molar-refractivity contribution is -0.126. The van der Waals surface area contributed by atoms with Crippen molar-refractivity contribution < 1.29 is 14.0 Å². The van der Waals surface area contributed by atoms with E-state index in [2.05, 4.69) is 15.2 Å². The Balaban J connectivity index is 1.33. The molecule has 1 aromatic heterocycles. The molecule has 0 aliphatic carbocycles. The summed E-state index contributed by atoms with van der Waals surface area (Å²) in [4.78, 5) is 32.8. The smallest absolute Gasteiger partial charge is 0.227 e. The zero-order valence-electron chi connectivity index (χ0n) is 15.6. The lowest BCUT2D eigenvalue weighted by Crippen LogP contribution is -2.32. The van der Waals surface area contributed by atoms with Gasteiger partial charge in [-0.25, -0.2) is 9.37 Å². The average molecular weight is 382 g/mol. The number of aromatic nitrogens is 1. The van der Waals surface area contributed by atoms with Gasteiger partial charge in [0.15, 0.2) is 0 Å². The summed E-state index contributed by atoms with van der Waals surface area (Å²) in [7, 11) is 0. The van der Waals surface area contributed by atoms with Crippen molar-refractivity contribution in [1.29, 1.82) is 0 Å². The van der Waals surface area contributed by atoms with Crippen molar-refractivity contribution >= 4 is 23.3 Å². The number of hydrogen-bond donors (Lipinski definition) is 1. The third-order valence-electron chi connectivity index (χ3n) is 5.34. The van der Waals surface area contributed by atoms with Gasteiger partial charge in [0.25, 0.3) is 0 Å². The van der Waals surface area contributed by atoms with Crippen molar-refractivity contribution in [1.82, 2.24) is 10.3 Å². The Labute approximate surface area is 163 Å². The highest BCUT2D eigenvalue weighted by Crippen LogP contribution is 2.27. The van der Waals surface area contributed by atoms with Crippen LogP contribution in [0.2, 0.25) is 0 Å². The first-order valence-electron chi connectivity index (χ1n) is 9.64. The summed E-state index contributed by atoms with van der Waals surface area (Å²) >= 11 is 0. The van der Waals surface area contributed by atoms with Crippen LogP contribution in [0.25, 0.3) is 0 Å². The average Bonchev–Trinajstić information content (AvgIpc) is 3.37. The van der Waals surface area contributed by atoms with Crippen LogP contribution in [-0.2, 0) is 16.1 Å². The molecule has 1 N–H and O–H groups in total. The number of hydrogen-bond acceptors (Lipinski definition) is 4. The van der Waals surface area contributed by atoms with Gasteiger partial charge in [-0.2, -0.15) is 0 Å². The number of rotatable bonds is 5. The molecular formula is C21H23FN4O2. The summed E-state index contributed by atoms with van der Waals surface area (Å²) < 4.78 is 14.0. The molecule has 0 bridgehead atoms. The van der Waals surface area contributed by atoms with Crippen LogP contribution in [0.15, 0.2) is 42.6 Å². The summed E-state index contributed by atoms with van der Waals surface area (Å²) in [5.41, 5.74) is 1.14. The fraction of sp³-hybridized carbons (Fsp3) is 0.381. The molecule has 0 radical (unpaired) electrons. The number of nitrogens with zero attached hydrogens (tertiary/aromatic N) is 3. The van der Waals surface area contributed by atoms with E-state index < -0.39 is 11.7 Å². The molecule has 2 aromatic rings. The van der Waals surface area contributed by atoms with E-state index >= 15 is 0 Å². The molecule has 1 aromatic carbocycles. The highest BCUT2D eigenvalue weighted by Gasteiger charge is 2.35. The number of nitrogens with one attached hydrogen (secondary N) is 1. The predicted molar refractivity (Wildman–Crippen MR) is 104 cm³/mol. The number of halogens is 1. The number of amides is 2. The molecule has 1 atom stereocenters. The van der Waals surface area contributed by atoms with Gasteiger partial charge in [0.1, 0.15) is 11.6 Å². The molecule has 6 nitrogen and oxygen atoms in total. The van der Waals surface area contributed by atoms with E-state index in [1.54, 1.807) is 24.4 Å². The van der Waals surface area contributed by atoms with Gasteiger partial charge in [-0.1, -0.05) is 18.2 Å². The Kier molecular flexibility index (Phi) is 5.23. The maximum atomic E-state index is 14.0. The van der Waals surface area contributed by atoms with Gasteiger partial charge in [0.2, 0.25) is 11.8 Å². The summed E-state index contributed by atoms with van der Waals surface area (Å²) in [5.74, 6) is -0.405. The van der Waals surface area contributed by atoms with Crippen LogP contribution in [0.3, 0.4) is 0 Å². The van der Waals surface area contributed by atoms with Crippen molar-refractivity contribution in [3.63, 3.8) is 0 Å². The summed E-state index contributed by atoms with van der Waals surface area (Å²) in [6, 6.07) is 10.1. The largest absolute Gasteiger partial charge is 0.357 e. The van der Waals surface area contributed by atoms with Gasteiger partial charge < -0.3 is 15.1 Å². The van der Waals surface area contributed by atoms with E-state index in [-0.39, 0.29) is 30.5 Å². The lowest BCUT2D eigenvalue weighted by Gasteiger charge is -2.17. The molecule has 2 fully saturated rings. The molecule has 1 unspecified atom stereocenters.